The van der Waals surface area contributed by atoms with E-state index in [-0.39, 0.29) is 0 Å². The molecule has 0 aliphatic heterocycles. The Morgan fingerprint density at radius 3 is 2.56 bits per heavy atom. The summed E-state index contributed by atoms with van der Waals surface area (Å²) in [6.07, 6.45) is 2.05. The maximum absolute atomic E-state index is 6.22. The highest BCUT2D eigenvalue weighted by atomic mass is 35.5. The zero-order chi connectivity index (χ0) is 13.3. The third-order valence-corrected chi connectivity index (χ3v) is 3.48. The van der Waals surface area contributed by atoms with Gasteiger partial charge < -0.3 is 5.32 Å². The van der Waals surface area contributed by atoms with Gasteiger partial charge in [-0.15, -0.1) is 0 Å². The van der Waals surface area contributed by atoms with Crippen LogP contribution in [-0.2, 0) is 20.1 Å². The molecule has 0 bridgehead atoms. The van der Waals surface area contributed by atoms with Crippen LogP contribution in [0.1, 0.15) is 22.5 Å². The first-order chi connectivity index (χ1) is 8.52. The summed E-state index contributed by atoms with van der Waals surface area (Å²) in [7, 11) is 3.78. The Balaban J connectivity index is 2.26. The summed E-state index contributed by atoms with van der Waals surface area (Å²) in [6.45, 7) is 5.46. The molecular weight excluding hydrogens is 250 g/mol. The number of nitrogens with one attached hydrogen (secondary N) is 1. The van der Waals surface area contributed by atoms with Crippen LogP contribution in [0.3, 0.4) is 0 Å². The van der Waals surface area contributed by atoms with Gasteiger partial charge in [-0.05, 0) is 20.9 Å². The fourth-order valence-corrected chi connectivity index (χ4v) is 2.25. The lowest BCUT2D eigenvalue weighted by Gasteiger charge is -2.01. The summed E-state index contributed by atoms with van der Waals surface area (Å²) in [5.74, 6) is 0. The standard InChI is InChI=1S/C12H18ClN5/c1-8-10(5-14-3)6-18(16-8)7-11-9(2)15-17(4)12(11)13/h6,14H,5,7H2,1-4H3. The molecule has 5 nitrogen and oxygen atoms in total. The summed E-state index contributed by atoms with van der Waals surface area (Å²) in [5, 5.41) is 12.6. The van der Waals surface area contributed by atoms with E-state index in [1.807, 2.05) is 32.6 Å². The van der Waals surface area contributed by atoms with Crippen LogP contribution in [0, 0.1) is 13.8 Å². The number of hydrogen-bond donors (Lipinski definition) is 1. The summed E-state index contributed by atoms with van der Waals surface area (Å²) in [4.78, 5) is 0. The molecule has 0 amide bonds. The van der Waals surface area contributed by atoms with Crippen molar-refractivity contribution in [2.45, 2.75) is 26.9 Å². The van der Waals surface area contributed by atoms with Crippen LogP contribution >= 0.6 is 11.6 Å². The van der Waals surface area contributed by atoms with E-state index < -0.39 is 0 Å². The zero-order valence-electron chi connectivity index (χ0n) is 11.2. The third-order valence-electron chi connectivity index (χ3n) is 3.01. The van der Waals surface area contributed by atoms with Crippen molar-refractivity contribution in [2.24, 2.45) is 7.05 Å². The van der Waals surface area contributed by atoms with Crippen LogP contribution < -0.4 is 5.32 Å². The number of aromatic nitrogens is 4. The van der Waals surface area contributed by atoms with E-state index in [1.165, 1.54) is 5.56 Å². The highest BCUT2D eigenvalue weighted by Gasteiger charge is 2.13. The van der Waals surface area contributed by atoms with E-state index in [4.69, 9.17) is 11.6 Å². The molecular formula is C12H18ClN5. The monoisotopic (exact) mass is 267 g/mol. The number of halogens is 1. The van der Waals surface area contributed by atoms with Gasteiger partial charge in [-0.25, -0.2) is 0 Å². The minimum Gasteiger partial charge on any atom is -0.316 e. The average Bonchev–Trinajstić information content (AvgIpc) is 2.76. The molecule has 0 saturated carbocycles. The molecule has 0 atom stereocenters. The molecule has 6 heteroatoms. The molecule has 98 valence electrons. The van der Waals surface area contributed by atoms with Gasteiger partial charge in [-0.2, -0.15) is 10.2 Å². The Kier molecular flexibility index (Phi) is 3.73. The number of nitrogens with zero attached hydrogens (tertiary/aromatic N) is 4. The Morgan fingerprint density at radius 1 is 1.28 bits per heavy atom. The van der Waals surface area contributed by atoms with Crippen LogP contribution in [-0.4, -0.2) is 26.6 Å². The Morgan fingerprint density at radius 2 is 2.00 bits per heavy atom. The van der Waals surface area contributed by atoms with Gasteiger partial charge in [-0.1, -0.05) is 11.6 Å². The van der Waals surface area contributed by atoms with Gasteiger partial charge >= 0.3 is 0 Å². The molecule has 2 aromatic rings. The van der Waals surface area contributed by atoms with Crippen molar-refractivity contribution in [1.29, 1.82) is 0 Å². The highest BCUT2D eigenvalue weighted by molar-refractivity contribution is 6.30. The second kappa shape index (κ2) is 5.12. The maximum atomic E-state index is 6.22. The highest BCUT2D eigenvalue weighted by Crippen LogP contribution is 2.20. The van der Waals surface area contributed by atoms with E-state index in [9.17, 15) is 0 Å². The average molecular weight is 268 g/mol. The van der Waals surface area contributed by atoms with E-state index in [0.29, 0.717) is 11.7 Å². The van der Waals surface area contributed by atoms with Gasteiger partial charge in [0.1, 0.15) is 5.15 Å². The van der Waals surface area contributed by atoms with Crippen LogP contribution in [0.2, 0.25) is 5.15 Å². The molecule has 0 aliphatic carbocycles. The minimum atomic E-state index is 0.656. The molecule has 0 radical (unpaired) electrons. The molecule has 1 N–H and O–H groups in total. The first-order valence-corrected chi connectivity index (χ1v) is 6.26. The van der Waals surface area contributed by atoms with E-state index >= 15 is 0 Å². The fourth-order valence-electron chi connectivity index (χ4n) is 2.02. The maximum Gasteiger partial charge on any atom is 0.132 e. The van der Waals surface area contributed by atoms with Gasteiger partial charge in [-0.3, -0.25) is 9.36 Å². The normalized spacial score (nSPS) is 11.2. The van der Waals surface area contributed by atoms with Crippen LogP contribution in [0.5, 0.6) is 0 Å². The van der Waals surface area contributed by atoms with E-state index in [2.05, 4.69) is 21.7 Å². The lowest BCUT2D eigenvalue weighted by Crippen LogP contribution is -2.05. The lowest BCUT2D eigenvalue weighted by atomic mass is 10.2. The Labute approximate surface area is 112 Å². The number of hydrogen-bond acceptors (Lipinski definition) is 3. The van der Waals surface area contributed by atoms with Crippen molar-refractivity contribution in [3.63, 3.8) is 0 Å². The lowest BCUT2D eigenvalue weighted by molar-refractivity contribution is 0.676. The predicted molar refractivity (Wildman–Crippen MR) is 71.8 cm³/mol. The van der Waals surface area contributed by atoms with Gasteiger partial charge in [0, 0.05) is 30.9 Å². The number of aryl methyl sites for hydroxylation is 3. The molecule has 0 aromatic carbocycles. The summed E-state index contributed by atoms with van der Waals surface area (Å²) in [5.41, 5.74) is 4.22. The Bertz CT molecular complexity index is 555. The molecule has 2 aromatic heterocycles. The molecule has 0 spiro atoms. The molecule has 18 heavy (non-hydrogen) atoms. The second-order valence-electron chi connectivity index (χ2n) is 4.45. The van der Waals surface area contributed by atoms with Crippen molar-refractivity contribution in [1.82, 2.24) is 24.9 Å². The molecule has 0 unspecified atom stereocenters. The molecule has 2 rings (SSSR count). The first-order valence-electron chi connectivity index (χ1n) is 5.88. The van der Waals surface area contributed by atoms with Crippen LogP contribution in [0.4, 0.5) is 0 Å². The Hall–Kier alpha value is -1.33. The molecule has 2 heterocycles. The van der Waals surface area contributed by atoms with Gasteiger partial charge in [0.2, 0.25) is 0 Å². The quantitative estimate of drug-likeness (QED) is 0.916. The largest absolute Gasteiger partial charge is 0.316 e. The zero-order valence-corrected chi connectivity index (χ0v) is 11.9. The summed E-state index contributed by atoms with van der Waals surface area (Å²) < 4.78 is 3.61. The van der Waals surface area contributed by atoms with Gasteiger partial charge in [0.15, 0.2) is 0 Å². The van der Waals surface area contributed by atoms with Crippen molar-refractivity contribution < 1.29 is 0 Å². The van der Waals surface area contributed by atoms with Crippen molar-refractivity contribution in [3.8, 4) is 0 Å². The fraction of sp³-hybridized carbons (Fsp3) is 0.500. The SMILES string of the molecule is CNCc1cn(Cc2c(C)nn(C)c2Cl)nc1C. The second-order valence-corrected chi connectivity index (χ2v) is 4.80. The third kappa shape index (κ3) is 2.42. The first kappa shape index (κ1) is 13.1. The van der Waals surface area contributed by atoms with Gasteiger partial charge in [0.05, 0.1) is 17.9 Å². The van der Waals surface area contributed by atoms with Crippen molar-refractivity contribution in [2.75, 3.05) is 7.05 Å². The summed E-state index contributed by atoms with van der Waals surface area (Å²) >= 11 is 6.22. The molecule has 0 saturated heterocycles. The molecule has 0 aliphatic rings. The summed E-state index contributed by atoms with van der Waals surface area (Å²) in [6, 6.07) is 0. The smallest absolute Gasteiger partial charge is 0.132 e. The van der Waals surface area contributed by atoms with E-state index in [1.54, 1.807) is 4.68 Å². The van der Waals surface area contributed by atoms with Gasteiger partial charge in [0.25, 0.3) is 0 Å². The minimum absolute atomic E-state index is 0.656. The van der Waals surface area contributed by atoms with E-state index in [0.717, 1.165) is 23.5 Å². The molecule has 0 fully saturated rings. The predicted octanol–water partition coefficient (Wildman–Crippen LogP) is 1.65. The number of rotatable bonds is 4. The van der Waals surface area contributed by atoms with Crippen molar-refractivity contribution in [3.05, 3.63) is 33.9 Å². The van der Waals surface area contributed by atoms with Crippen LogP contribution in [0.25, 0.3) is 0 Å². The van der Waals surface area contributed by atoms with Crippen LogP contribution in [0.15, 0.2) is 6.20 Å². The van der Waals surface area contributed by atoms with Crippen molar-refractivity contribution >= 4 is 11.6 Å². The topological polar surface area (TPSA) is 47.7 Å².